The third kappa shape index (κ3) is 1.57. The maximum Gasteiger partial charge on any atom is 0.247 e. The average Bonchev–Trinajstić information content (AvgIpc) is 2.31. The van der Waals surface area contributed by atoms with Gasteiger partial charge in [0.1, 0.15) is 17.5 Å². The van der Waals surface area contributed by atoms with Crippen LogP contribution in [-0.2, 0) is 4.79 Å². The van der Waals surface area contributed by atoms with Gasteiger partial charge in [-0.25, -0.2) is 8.78 Å². The molecule has 0 saturated carbocycles. The molecule has 1 aromatic carbocycles. The first kappa shape index (κ1) is 11.4. The van der Waals surface area contributed by atoms with Crippen molar-refractivity contribution in [2.24, 2.45) is 5.92 Å². The standard InChI is InChI=1S/C13H14F2N2O/c1-7-3-2-4-17-10-6-8(14)5-9(15)11(10)16-13(18)12(7)17/h5-7,12H,2-4H2,1H3,(H,16,18). The second-order valence-electron chi connectivity index (χ2n) is 5.03. The van der Waals surface area contributed by atoms with Crippen LogP contribution in [0.3, 0.4) is 0 Å². The van der Waals surface area contributed by atoms with E-state index in [4.69, 9.17) is 0 Å². The molecule has 0 aliphatic carbocycles. The number of anilines is 2. The van der Waals surface area contributed by atoms with Crippen LogP contribution in [-0.4, -0.2) is 18.5 Å². The van der Waals surface area contributed by atoms with E-state index >= 15 is 0 Å². The summed E-state index contributed by atoms with van der Waals surface area (Å²) in [4.78, 5) is 13.9. The van der Waals surface area contributed by atoms with E-state index in [9.17, 15) is 13.6 Å². The second-order valence-corrected chi connectivity index (χ2v) is 5.03. The molecule has 1 N–H and O–H groups in total. The summed E-state index contributed by atoms with van der Waals surface area (Å²) < 4.78 is 27.0. The molecule has 1 saturated heterocycles. The maximum absolute atomic E-state index is 13.7. The predicted molar refractivity (Wildman–Crippen MR) is 64.5 cm³/mol. The van der Waals surface area contributed by atoms with Gasteiger partial charge in [0.05, 0.1) is 5.69 Å². The van der Waals surface area contributed by atoms with Crippen LogP contribution in [0.15, 0.2) is 12.1 Å². The van der Waals surface area contributed by atoms with Gasteiger partial charge in [0, 0.05) is 12.6 Å². The number of amides is 1. The van der Waals surface area contributed by atoms with Crippen molar-refractivity contribution >= 4 is 17.3 Å². The Bertz CT molecular complexity index is 518. The van der Waals surface area contributed by atoms with Gasteiger partial charge in [-0.05, 0) is 24.8 Å². The van der Waals surface area contributed by atoms with Gasteiger partial charge in [-0.2, -0.15) is 0 Å². The lowest BCUT2D eigenvalue weighted by molar-refractivity contribution is -0.119. The first-order chi connectivity index (χ1) is 8.58. The van der Waals surface area contributed by atoms with Crippen molar-refractivity contribution in [3.05, 3.63) is 23.8 Å². The number of carbonyl (C=O) groups is 1. The lowest BCUT2D eigenvalue weighted by atomic mass is 9.88. The van der Waals surface area contributed by atoms with Crippen molar-refractivity contribution in [2.45, 2.75) is 25.8 Å². The zero-order valence-corrected chi connectivity index (χ0v) is 10.0. The first-order valence-electron chi connectivity index (χ1n) is 6.14. The summed E-state index contributed by atoms with van der Waals surface area (Å²) in [5, 5.41) is 2.56. The molecule has 96 valence electrons. The van der Waals surface area contributed by atoms with Crippen LogP contribution in [0.25, 0.3) is 0 Å². The fourth-order valence-electron chi connectivity index (χ4n) is 2.97. The summed E-state index contributed by atoms with van der Waals surface area (Å²) >= 11 is 0. The number of nitrogens with zero attached hydrogens (tertiary/aromatic N) is 1. The SMILES string of the molecule is CC1CCCN2c3cc(F)cc(F)c3NC(=O)C12. The van der Waals surface area contributed by atoms with E-state index in [2.05, 4.69) is 5.32 Å². The van der Waals surface area contributed by atoms with Crippen molar-refractivity contribution in [2.75, 3.05) is 16.8 Å². The highest BCUT2D eigenvalue weighted by Crippen LogP contribution is 2.39. The number of piperidine rings is 1. The maximum atomic E-state index is 13.7. The van der Waals surface area contributed by atoms with Crippen LogP contribution in [0.4, 0.5) is 20.2 Å². The lowest BCUT2D eigenvalue weighted by Crippen LogP contribution is -2.54. The summed E-state index contributed by atoms with van der Waals surface area (Å²) in [5.74, 6) is -1.33. The molecular weight excluding hydrogens is 238 g/mol. The molecule has 0 bridgehead atoms. The summed E-state index contributed by atoms with van der Waals surface area (Å²) in [5.41, 5.74) is 0.565. The van der Waals surface area contributed by atoms with Gasteiger partial charge in [-0.15, -0.1) is 0 Å². The minimum absolute atomic E-state index is 0.103. The molecule has 2 aliphatic rings. The predicted octanol–water partition coefficient (Wildman–Crippen LogP) is 2.52. The number of rotatable bonds is 0. The van der Waals surface area contributed by atoms with Gasteiger partial charge in [0.15, 0.2) is 5.82 Å². The van der Waals surface area contributed by atoms with E-state index in [0.29, 0.717) is 12.2 Å². The highest BCUT2D eigenvalue weighted by molar-refractivity contribution is 6.04. The summed E-state index contributed by atoms with van der Waals surface area (Å²) in [6, 6.07) is 1.78. The highest BCUT2D eigenvalue weighted by Gasteiger charge is 2.40. The van der Waals surface area contributed by atoms with E-state index in [1.165, 1.54) is 6.07 Å². The fourth-order valence-corrected chi connectivity index (χ4v) is 2.97. The monoisotopic (exact) mass is 252 g/mol. The van der Waals surface area contributed by atoms with Crippen molar-refractivity contribution in [1.29, 1.82) is 0 Å². The number of benzene rings is 1. The highest BCUT2D eigenvalue weighted by atomic mass is 19.1. The molecule has 1 aromatic rings. The van der Waals surface area contributed by atoms with E-state index in [1.54, 1.807) is 0 Å². The molecule has 5 heteroatoms. The van der Waals surface area contributed by atoms with Gasteiger partial charge in [-0.1, -0.05) is 6.92 Å². The summed E-state index contributed by atoms with van der Waals surface area (Å²) in [6.07, 6.45) is 1.89. The molecule has 2 unspecified atom stereocenters. The van der Waals surface area contributed by atoms with Gasteiger partial charge >= 0.3 is 0 Å². The molecule has 0 radical (unpaired) electrons. The fraction of sp³-hybridized carbons (Fsp3) is 0.462. The largest absolute Gasteiger partial charge is 0.357 e. The van der Waals surface area contributed by atoms with Gasteiger partial charge in [0.25, 0.3) is 0 Å². The molecule has 1 amide bonds. The normalized spacial score (nSPS) is 26.4. The summed E-state index contributed by atoms with van der Waals surface area (Å²) in [6.45, 7) is 2.66. The van der Waals surface area contributed by atoms with Crippen LogP contribution in [0.2, 0.25) is 0 Å². The van der Waals surface area contributed by atoms with Crippen LogP contribution in [0.5, 0.6) is 0 Å². The smallest absolute Gasteiger partial charge is 0.247 e. The Morgan fingerprint density at radius 1 is 1.39 bits per heavy atom. The molecular formula is C13H14F2N2O. The number of hydrogen-bond donors (Lipinski definition) is 1. The lowest BCUT2D eigenvalue weighted by Gasteiger charge is -2.44. The van der Waals surface area contributed by atoms with Crippen molar-refractivity contribution in [1.82, 2.24) is 0 Å². The number of halogens is 2. The van der Waals surface area contributed by atoms with Crippen LogP contribution < -0.4 is 10.2 Å². The third-order valence-electron chi connectivity index (χ3n) is 3.79. The second kappa shape index (κ2) is 3.93. The molecule has 3 nitrogen and oxygen atoms in total. The number of hydrogen-bond acceptors (Lipinski definition) is 2. The molecule has 18 heavy (non-hydrogen) atoms. The van der Waals surface area contributed by atoms with Crippen molar-refractivity contribution < 1.29 is 13.6 Å². The Balaban J connectivity index is 2.13. The first-order valence-corrected chi connectivity index (χ1v) is 6.14. The molecule has 3 rings (SSSR count). The Morgan fingerprint density at radius 3 is 2.94 bits per heavy atom. The van der Waals surface area contributed by atoms with Gasteiger partial charge in [0.2, 0.25) is 5.91 Å². The Morgan fingerprint density at radius 2 is 2.17 bits per heavy atom. The Hall–Kier alpha value is -1.65. The van der Waals surface area contributed by atoms with E-state index in [0.717, 1.165) is 18.9 Å². The van der Waals surface area contributed by atoms with Crippen molar-refractivity contribution in [3.63, 3.8) is 0 Å². The molecule has 0 aromatic heterocycles. The molecule has 1 fully saturated rings. The zero-order chi connectivity index (χ0) is 12.9. The van der Waals surface area contributed by atoms with Gasteiger partial charge in [-0.3, -0.25) is 4.79 Å². The third-order valence-corrected chi connectivity index (χ3v) is 3.79. The molecule has 2 atom stereocenters. The Kier molecular flexibility index (Phi) is 2.50. The Labute approximate surface area is 104 Å². The molecule has 2 aliphatic heterocycles. The minimum Gasteiger partial charge on any atom is -0.357 e. The van der Waals surface area contributed by atoms with Crippen LogP contribution in [0, 0.1) is 17.6 Å². The van der Waals surface area contributed by atoms with E-state index < -0.39 is 11.6 Å². The zero-order valence-electron chi connectivity index (χ0n) is 10.0. The summed E-state index contributed by atoms with van der Waals surface area (Å²) in [7, 11) is 0. The van der Waals surface area contributed by atoms with Crippen molar-refractivity contribution in [3.8, 4) is 0 Å². The molecule has 0 spiro atoms. The molecule has 2 heterocycles. The van der Waals surface area contributed by atoms with Crippen LogP contribution >= 0.6 is 0 Å². The average molecular weight is 252 g/mol. The quantitative estimate of drug-likeness (QED) is 0.769. The number of fused-ring (bicyclic) bond motifs is 3. The topological polar surface area (TPSA) is 32.3 Å². The minimum atomic E-state index is -0.713. The van der Waals surface area contributed by atoms with E-state index in [1.807, 2.05) is 11.8 Å². The van der Waals surface area contributed by atoms with E-state index in [-0.39, 0.29) is 23.6 Å². The van der Waals surface area contributed by atoms with Crippen LogP contribution in [0.1, 0.15) is 19.8 Å². The number of nitrogens with one attached hydrogen (secondary N) is 1. The van der Waals surface area contributed by atoms with Gasteiger partial charge < -0.3 is 10.2 Å². The number of carbonyl (C=O) groups excluding carboxylic acids is 1.